The molecular weight excluding hydrogens is 156 g/mol. The third-order valence-corrected chi connectivity index (χ3v) is 3.64. The summed E-state index contributed by atoms with van der Waals surface area (Å²) >= 11 is 0. The Labute approximate surface area is 73.0 Å². The van der Waals surface area contributed by atoms with Crippen LogP contribution < -0.4 is 0 Å². The Balaban J connectivity index is 2.78. The van der Waals surface area contributed by atoms with Gasteiger partial charge in [-0.15, -0.1) is 0 Å². The van der Waals surface area contributed by atoms with Crippen molar-refractivity contribution in [2.45, 2.75) is 20.3 Å². The molecule has 12 heavy (non-hydrogen) atoms. The van der Waals surface area contributed by atoms with Crippen LogP contribution in [-0.4, -0.2) is 35.1 Å². The van der Waals surface area contributed by atoms with E-state index in [1.807, 2.05) is 13.8 Å². The molecule has 1 fully saturated rings. The molecule has 1 saturated carbocycles. The fourth-order valence-corrected chi connectivity index (χ4v) is 2.10. The summed E-state index contributed by atoms with van der Waals surface area (Å²) in [5.41, 5.74) is -0.766. The van der Waals surface area contributed by atoms with E-state index in [4.69, 9.17) is 10.2 Å². The normalized spacial score (nSPS) is 35.2. The molecule has 0 bridgehead atoms. The highest BCUT2D eigenvalue weighted by Crippen LogP contribution is 2.62. The highest BCUT2D eigenvalue weighted by Gasteiger charge is 2.61. The summed E-state index contributed by atoms with van der Waals surface area (Å²) in [6, 6.07) is 0. The predicted molar refractivity (Wildman–Crippen MR) is 45.6 cm³/mol. The molecular formula is C9H18O3. The maximum absolute atomic E-state index is 9.20. The second kappa shape index (κ2) is 2.98. The van der Waals surface area contributed by atoms with Gasteiger partial charge in [0.15, 0.2) is 0 Å². The molecule has 2 atom stereocenters. The summed E-state index contributed by atoms with van der Waals surface area (Å²) < 4.78 is 0. The molecule has 3 heteroatoms. The molecule has 0 radical (unpaired) electrons. The summed E-state index contributed by atoms with van der Waals surface area (Å²) in [5, 5.41) is 27.5. The first kappa shape index (κ1) is 9.96. The van der Waals surface area contributed by atoms with E-state index in [9.17, 15) is 5.11 Å². The van der Waals surface area contributed by atoms with E-state index in [1.54, 1.807) is 0 Å². The maximum Gasteiger partial charge on any atom is 0.0513 e. The van der Waals surface area contributed by atoms with Crippen LogP contribution in [-0.2, 0) is 0 Å². The monoisotopic (exact) mass is 174 g/mol. The fourth-order valence-electron chi connectivity index (χ4n) is 2.10. The van der Waals surface area contributed by atoms with E-state index in [0.29, 0.717) is 5.92 Å². The Bertz CT molecular complexity index is 152. The lowest BCUT2D eigenvalue weighted by Gasteiger charge is -2.34. The van der Waals surface area contributed by atoms with Gasteiger partial charge in [-0.3, -0.25) is 0 Å². The lowest BCUT2D eigenvalue weighted by Crippen LogP contribution is -2.40. The first-order valence-electron chi connectivity index (χ1n) is 4.39. The number of hydrogen-bond acceptors (Lipinski definition) is 3. The molecule has 0 heterocycles. The number of hydrogen-bond donors (Lipinski definition) is 3. The first-order chi connectivity index (χ1) is 5.56. The van der Waals surface area contributed by atoms with Crippen LogP contribution in [0.3, 0.4) is 0 Å². The van der Waals surface area contributed by atoms with E-state index in [2.05, 4.69) is 0 Å². The Morgan fingerprint density at radius 3 is 1.83 bits per heavy atom. The minimum atomic E-state index is -0.527. The topological polar surface area (TPSA) is 60.7 Å². The molecule has 3 nitrogen and oxygen atoms in total. The summed E-state index contributed by atoms with van der Waals surface area (Å²) in [7, 11) is 0. The van der Waals surface area contributed by atoms with Crippen LogP contribution in [0, 0.1) is 16.7 Å². The van der Waals surface area contributed by atoms with Crippen LogP contribution in [0.15, 0.2) is 0 Å². The van der Waals surface area contributed by atoms with Crippen molar-refractivity contribution in [1.29, 1.82) is 0 Å². The summed E-state index contributed by atoms with van der Waals surface area (Å²) in [6.45, 7) is 3.81. The number of aliphatic hydroxyl groups excluding tert-OH is 3. The van der Waals surface area contributed by atoms with Gasteiger partial charge in [0.05, 0.1) is 13.2 Å². The van der Waals surface area contributed by atoms with E-state index in [-0.39, 0.29) is 25.2 Å². The number of rotatable bonds is 4. The zero-order chi connectivity index (χ0) is 9.41. The smallest absolute Gasteiger partial charge is 0.0513 e. The first-order valence-corrected chi connectivity index (χ1v) is 4.39. The van der Waals surface area contributed by atoms with Gasteiger partial charge in [-0.25, -0.2) is 0 Å². The zero-order valence-corrected chi connectivity index (χ0v) is 7.75. The predicted octanol–water partition coefficient (Wildman–Crippen LogP) is -0.00420. The highest BCUT2D eigenvalue weighted by molar-refractivity contribution is 5.09. The van der Waals surface area contributed by atoms with Crippen molar-refractivity contribution in [3.63, 3.8) is 0 Å². The van der Waals surface area contributed by atoms with Crippen molar-refractivity contribution < 1.29 is 15.3 Å². The maximum atomic E-state index is 9.20. The third-order valence-electron chi connectivity index (χ3n) is 3.64. The minimum Gasteiger partial charge on any atom is -0.396 e. The van der Waals surface area contributed by atoms with Crippen LogP contribution in [0.25, 0.3) is 0 Å². The average Bonchev–Trinajstić information content (AvgIpc) is 2.77. The van der Waals surface area contributed by atoms with Gasteiger partial charge in [0.1, 0.15) is 0 Å². The van der Waals surface area contributed by atoms with Gasteiger partial charge in [0, 0.05) is 17.4 Å². The van der Waals surface area contributed by atoms with Crippen LogP contribution in [0.2, 0.25) is 0 Å². The van der Waals surface area contributed by atoms with E-state index in [1.165, 1.54) is 0 Å². The molecule has 1 aliphatic carbocycles. The molecule has 0 spiro atoms. The van der Waals surface area contributed by atoms with Crippen molar-refractivity contribution in [3.05, 3.63) is 0 Å². The quantitative estimate of drug-likeness (QED) is 0.562. The molecule has 3 N–H and O–H groups in total. The molecule has 72 valence electrons. The lowest BCUT2D eigenvalue weighted by molar-refractivity contribution is -0.0259. The van der Waals surface area contributed by atoms with Gasteiger partial charge in [-0.2, -0.15) is 0 Å². The SMILES string of the molecule is CC1CC1(CO)C(C)(CO)CO. The Hall–Kier alpha value is -0.120. The summed E-state index contributed by atoms with van der Waals surface area (Å²) in [6.07, 6.45) is 0.904. The molecule has 0 aromatic heterocycles. The average molecular weight is 174 g/mol. The van der Waals surface area contributed by atoms with Gasteiger partial charge in [0.2, 0.25) is 0 Å². The van der Waals surface area contributed by atoms with Crippen molar-refractivity contribution in [2.75, 3.05) is 19.8 Å². The van der Waals surface area contributed by atoms with E-state index in [0.717, 1.165) is 6.42 Å². The third kappa shape index (κ3) is 1.08. The fraction of sp³-hybridized carbons (Fsp3) is 1.00. The molecule has 0 aliphatic heterocycles. The standard InChI is InChI=1S/C9H18O3/c1-7-3-9(7,6-12)8(2,4-10)5-11/h7,10-12H,3-6H2,1-2H3. The molecule has 0 aromatic rings. The Kier molecular flexibility index (Phi) is 2.47. The zero-order valence-electron chi connectivity index (χ0n) is 7.75. The molecule has 0 aromatic carbocycles. The van der Waals surface area contributed by atoms with E-state index >= 15 is 0 Å². The molecule has 2 unspecified atom stereocenters. The van der Waals surface area contributed by atoms with Gasteiger partial charge in [0.25, 0.3) is 0 Å². The second-order valence-electron chi connectivity index (χ2n) is 4.30. The summed E-state index contributed by atoms with van der Waals surface area (Å²) in [4.78, 5) is 0. The van der Waals surface area contributed by atoms with Crippen LogP contribution in [0.5, 0.6) is 0 Å². The van der Waals surface area contributed by atoms with Crippen molar-refractivity contribution in [2.24, 2.45) is 16.7 Å². The molecule has 0 amide bonds. The van der Waals surface area contributed by atoms with Crippen molar-refractivity contribution in [1.82, 2.24) is 0 Å². The Morgan fingerprint density at radius 1 is 1.33 bits per heavy atom. The minimum absolute atomic E-state index is 0.0611. The van der Waals surface area contributed by atoms with Gasteiger partial charge >= 0.3 is 0 Å². The lowest BCUT2D eigenvalue weighted by atomic mass is 9.74. The summed E-state index contributed by atoms with van der Waals surface area (Å²) in [5.74, 6) is 0.409. The van der Waals surface area contributed by atoms with Crippen molar-refractivity contribution in [3.8, 4) is 0 Å². The largest absolute Gasteiger partial charge is 0.396 e. The Morgan fingerprint density at radius 2 is 1.75 bits per heavy atom. The van der Waals surface area contributed by atoms with Crippen molar-refractivity contribution >= 4 is 0 Å². The van der Waals surface area contributed by atoms with Gasteiger partial charge in [-0.05, 0) is 12.3 Å². The van der Waals surface area contributed by atoms with Crippen LogP contribution >= 0.6 is 0 Å². The molecule has 1 aliphatic rings. The number of aliphatic hydroxyl groups is 3. The van der Waals surface area contributed by atoms with Crippen LogP contribution in [0.1, 0.15) is 20.3 Å². The second-order valence-corrected chi connectivity index (χ2v) is 4.30. The van der Waals surface area contributed by atoms with Gasteiger partial charge in [-0.1, -0.05) is 13.8 Å². The molecule has 0 saturated heterocycles. The van der Waals surface area contributed by atoms with Crippen LogP contribution in [0.4, 0.5) is 0 Å². The van der Waals surface area contributed by atoms with Gasteiger partial charge < -0.3 is 15.3 Å². The highest BCUT2D eigenvalue weighted by atomic mass is 16.3. The molecule has 1 rings (SSSR count). The van der Waals surface area contributed by atoms with E-state index < -0.39 is 5.41 Å².